The number of anilines is 2. The zero-order valence-electron chi connectivity index (χ0n) is 21.3. The predicted octanol–water partition coefficient (Wildman–Crippen LogP) is 5.16. The van der Waals surface area contributed by atoms with Crippen LogP contribution >= 0.6 is 0 Å². The van der Waals surface area contributed by atoms with Crippen molar-refractivity contribution in [3.8, 4) is 11.1 Å². The number of nitrogens with zero attached hydrogens (tertiary/aromatic N) is 6. The zero-order valence-corrected chi connectivity index (χ0v) is 21.3. The molecular weight excluding hydrogens is 460 g/mol. The van der Waals surface area contributed by atoms with Crippen molar-refractivity contribution >= 4 is 33.8 Å². The Morgan fingerprint density at radius 1 is 0.946 bits per heavy atom. The van der Waals surface area contributed by atoms with Gasteiger partial charge in [-0.25, -0.2) is 4.98 Å². The topological polar surface area (TPSA) is 97.8 Å². The quantitative estimate of drug-likeness (QED) is 0.338. The lowest BCUT2D eigenvalue weighted by molar-refractivity contribution is 0.495. The van der Waals surface area contributed by atoms with Gasteiger partial charge in [0.25, 0.3) is 0 Å². The Hall–Kier alpha value is -4.04. The Bertz CT molecular complexity index is 1540. The monoisotopic (exact) mass is 492 g/mol. The Balaban J connectivity index is 1.37. The van der Waals surface area contributed by atoms with Crippen LogP contribution in [-0.2, 0) is 6.54 Å². The molecule has 0 radical (unpaired) electrons. The molecule has 0 amide bonds. The molecule has 0 aliphatic carbocycles. The number of para-hydroxylation sites is 1. The molecule has 0 saturated carbocycles. The molecule has 0 bridgehead atoms. The molecule has 2 aromatic carbocycles. The highest BCUT2D eigenvalue weighted by Gasteiger charge is 2.22. The van der Waals surface area contributed by atoms with Crippen LogP contribution in [-0.4, -0.2) is 43.6 Å². The number of pyridine rings is 1. The molecule has 1 saturated heterocycles. The van der Waals surface area contributed by atoms with Gasteiger partial charge in [-0.3, -0.25) is 4.98 Å². The maximum Gasteiger partial charge on any atom is 0.229 e. The molecule has 0 spiro atoms. The number of aromatic nitrogens is 5. The van der Waals surface area contributed by atoms with Crippen molar-refractivity contribution in [1.29, 1.82) is 0 Å². The lowest BCUT2D eigenvalue weighted by Crippen LogP contribution is -2.40. The molecule has 0 atom stereocenters. The van der Waals surface area contributed by atoms with Crippen LogP contribution in [0.3, 0.4) is 0 Å². The maximum atomic E-state index is 6.15. The number of rotatable bonds is 6. The van der Waals surface area contributed by atoms with E-state index in [1.165, 1.54) is 16.7 Å². The van der Waals surface area contributed by atoms with E-state index in [1.807, 2.05) is 18.6 Å². The molecule has 8 nitrogen and oxygen atoms in total. The molecule has 3 aromatic heterocycles. The first-order valence-electron chi connectivity index (χ1n) is 13.0. The third-order valence-corrected chi connectivity index (χ3v) is 7.19. The van der Waals surface area contributed by atoms with Crippen LogP contribution < -0.4 is 16.0 Å². The van der Waals surface area contributed by atoms with E-state index >= 15 is 0 Å². The summed E-state index contributed by atoms with van der Waals surface area (Å²) in [6, 6.07) is 19.4. The van der Waals surface area contributed by atoms with Crippen LogP contribution in [0.5, 0.6) is 0 Å². The van der Waals surface area contributed by atoms with E-state index in [0.717, 1.165) is 59.8 Å². The van der Waals surface area contributed by atoms with Crippen molar-refractivity contribution in [1.82, 2.24) is 24.5 Å². The molecule has 8 heteroatoms. The second-order valence-corrected chi connectivity index (χ2v) is 10.0. The second-order valence-electron chi connectivity index (χ2n) is 10.0. The second kappa shape index (κ2) is 9.78. The van der Waals surface area contributed by atoms with Gasteiger partial charge in [0.2, 0.25) is 5.95 Å². The van der Waals surface area contributed by atoms with Gasteiger partial charge in [0.1, 0.15) is 0 Å². The van der Waals surface area contributed by atoms with Gasteiger partial charge in [-0.2, -0.15) is 9.97 Å². The van der Waals surface area contributed by atoms with Crippen LogP contribution in [0.15, 0.2) is 67.1 Å². The summed E-state index contributed by atoms with van der Waals surface area (Å²) in [6.45, 7) is 6.62. The van der Waals surface area contributed by atoms with E-state index in [2.05, 4.69) is 82.1 Å². The van der Waals surface area contributed by atoms with Crippen molar-refractivity contribution in [3.05, 3.63) is 72.7 Å². The minimum atomic E-state index is 0.246. The van der Waals surface area contributed by atoms with Crippen LogP contribution in [0.1, 0.15) is 38.3 Å². The van der Waals surface area contributed by atoms with Gasteiger partial charge in [0.05, 0.1) is 11.8 Å². The average molecular weight is 493 g/mol. The number of fused-ring (bicyclic) bond motifs is 2. The molecule has 1 fully saturated rings. The molecule has 1 aliphatic rings. The van der Waals surface area contributed by atoms with Crippen LogP contribution in [0, 0.1) is 0 Å². The Morgan fingerprint density at radius 3 is 2.57 bits per heavy atom. The molecule has 188 valence electrons. The molecule has 5 aromatic rings. The molecular formula is C29H32N8. The summed E-state index contributed by atoms with van der Waals surface area (Å²) >= 11 is 0. The van der Waals surface area contributed by atoms with E-state index < -0.39 is 0 Å². The third-order valence-electron chi connectivity index (χ3n) is 7.19. The number of piperidine rings is 1. The molecule has 1 aliphatic heterocycles. The average Bonchev–Trinajstić information content (AvgIpc) is 3.37. The molecule has 37 heavy (non-hydrogen) atoms. The number of imidazole rings is 1. The number of nitrogens with one attached hydrogen (secondary N) is 1. The first-order valence-corrected chi connectivity index (χ1v) is 13.0. The van der Waals surface area contributed by atoms with E-state index in [9.17, 15) is 0 Å². The smallest absolute Gasteiger partial charge is 0.229 e. The van der Waals surface area contributed by atoms with Crippen molar-refractivity contribution in [2.75, 3.05) is 23.3 Å². The van der Waals surface area contributed by atoms with Crippen molar-refractivity contribution in [2.45, 2.75) is 45.3 Å². The standard InChI is InChI=1S/C29H32N8/c1-19(2)37-18-33-26-27(34-29(35-28(26)37)36-15-12-21(30)13-16-36)32-17-20-7-3-4-8-22(20)23-11-14-31-25-10-6-5-9-24(23)25/h3-11,14,18-19,21H,12-13,15-17,30H2,1-2H3,(H,32,34,35). The lowest BCUT2D eigenvalue weighted by Gasteiger charge is -2.30. The van der Waals surface area contributed by atoms with Gasteiger partial charge < -0.3 is 20.5 Å². The molecule has 0 unspecified atom stereocenters. The van der Waals surface area contributed by atoms with Gasteiger partial charge in [-0.05, 0) is 55.5 Å². The summed E-state index contributed by atoms with van der Waals surface area (Å²) in [7, 11) is 0. The summed E-state index contributed by atoms with van der Waals surface area (Å²) in [5.41, 5.74) is 12.3. The molecule has 3 N–H and O–H groups in total. The number of hydrogen-bond donors (Lipinski definition) is 2. The first-order chi connectivity index (χ1) is 18.1. The van der Waals surface area contributed by atoms with Crippen LogP contribution in [0.2, 0.25) is 0 Å². The first kappa shape index (κ1) is 23.4. The number of hydrogen-bond acceptors (Lipinski definition) is 7. The Labute approximate surface area is 216 Å². The van der Waals surface area contributed by atoms with Gasteiger partial charge in [-0.15, -0.1) is 0 Å². The molecule has 6 rings (SSSR count). The fourth-order valence-corrected chi connectivity index (χ4v) is 5.09. The third kappa shape index (κ3) is 4.49. The normalized spacial score (nSPS) is 14.6. The van der Waals surface area contributed by atoms with Crippen molar-refractivity contribution in [3.63, 3.8) is 0 Å². The van der Waals surface area contributed by atoms with E-state index in [4.69, 9.17) is 20.7 Å². The minimum Gasteiger partial charge on any atom is -0.364 e. The fourth-order valence-electron chi connectivity index (χ4n) is 5.09. The van der Waals surface area contributed by atoms with Gasteiger partial charge in [0.15, 0.2) is 17.0 Å². The summed E-state index contributed by atoms with van der Waals surface area (Å²) in [6.07, 6.45) is 5.63. The highest BCUT2D eigenvalue weighted by atomic mass is 15.3. The number of nitrogens with two attached hydrogens (primary N) is 1. The largest absolute Gasteiger partial charge is 0.364 e. The summed E-state index contributed by atoms with van der Waals surface area (Å²) < 4.78 is 2.11. The SMILES string of the molecule is CC(C)n1cnc2c(NCc3ccccc3-c3ccnc4ccccc34)nc(N3CCC(N)CC3)nc21. The fraction of sp³-hybridized carbons (Fsp3) is 0.310. The van der Waals surface area contributed by atoms with E-state index in [1.54, 1.807) is 0 Å². The summed E-state index contributed by atoms with van der Waals surface area (Å²) in [5, 5.41) is 4.75. The Morgan fingerprint density at radius 2 is 1.73 bits per heavy atom. The minimum absolute atomic E-state index is 0.246. The zero-order chi connectivity index (χ0) is 25.4. The van der Waals surface area contributed by atoms with E-state index in [-0.39, 0.29) is 12.1 Å². The van der Waals surface area contributed by atoms with Crippen molar-refractivity contribution < 1.29 is 0 Å². The van der Waals surface area contributed by atoms with Gasteiger partial charge >= 0.3 is 0 Å². The van der Waals surface area contributed by atoms with Gasteiger partial charge in [0, 0.05) is 43.3 Å². The van der Waals surface area contributed by atoms with Gasteiger partial charge in [-0.1, -0.05) is 42.5 Å². The molecule has 4 heterocycles. The van der Waals surface area contributed by atoms with Crippen molar-refractivity contribution in [2.24, 2.45) is 5.73 Å². The maximum absolute atomic E-state index is 6.15. The van der Waals surface area contributed by atoms with Crippen LogP contribution in [0.25, 0.3) is 33.2 Å². The lowest BCUT2D eigenvalue weighted by atomic mass is 9.96. The van der Waals surface area contributed by atoms with E-state index in [0.29, 0.717) is 6.54 Å². The highest BCUT2D eigenvalue weighted by Crippen LogP contribution is 2.31. The van der Waals surface area contributed by atoms with Crippen LogP contribution in [0.4, 0.5) is 11.8 Å². The Kier molecular flexibility index (Phi) is 6.18. The predicted molar refractivity (Wildman–Crippen MR) is 150 cm³/mol. The summed E-state index contributed by atoms with van der Waals surface area (Å²) in [5.74, 6) is 1.49. The summed E-state index contributed by atoms with van der Waals surface area (Å²) in [4.78, 5) is 21.4. The number of benzene rings is 2. The highest BCUT2D eigenvalue weighted by molar-refractivity contribution is 5.95.